The molecule has 4 nitrogen and oxygen atoms in total. The summed E-state index contributed by atoms with van der Waals surface area (Å²) in [7, 11) is 0. The lowest BCUT2D eigenvalue weighted by Gasteiger charge is -2.09. The Bertz CT molecular complexity index is 352. The van der Waals surface area contributed by atoms with Crippen molar-refractivity contribution in [3.05, 3.63) is 30.1 Å². The molecule has 0 spiro atoms. The van der Waals surface area contributed by atoms with Gasteiger partial charge in [0.05, 0.1) is 0 Å². The largest absolute Gasteiger partial charge is 0.448 e. The Hall–Kier alpha value is -1.62. The lowest BCUT2D eigenvalue weighted by atomic mass is 10.3. The molecule has 0 aliphatic heterocycles. The molecule has 0 aromatic heterocycles. The van der Waals surface area contributed by atoms with Crippen LogP contribution >= 0.6 is 0 Å². The second kappa shape index (κ2) is 6.85. The van der Waals surface area contributed by atoms with Gasteiger partial charge in [0.2, 0.25) is 0 Å². The molecule has 1 aromatic carbocycles. The van der Waals surface area contributed by atoms with Crippen molar-refractivity contribution in [3.8, 4) is 0 Å². The van der Waals surface area contributed by atoms with Gasteiger partial charge >= 0.3 is 6.09 Å². The zero-order valence-electron chi connectivity index (χ0n) is 10.00. The molecule has 0 bridgehead atoms. The molecule has 0 heterocycles. The van der Waals surface area contributed by atoms with Gasteiger partial charge in [0, 0.05) is 18.3 Å². The van der Waals surface area contributed by atoms with Crippen molar-refractivity contribution in [2.75, 3.05) is 18.5 Å². The molecule has 1 rings (SSSR count). The number of ether oxygens (including phenoxy) is 1. The number of carbonyl (C=O) groups excluding carboxylic acids is 1. The first-order valence-corrected chi connectivity index (χ1v) is 5.50. The van der Waals surface area contributed by atoms with E-state index in [2.05, 4.69) is 10.6 Å². The third kappa shape index (κ3) is 5.87. The fraction of sp³-hybridized carbons (Fsp3) is 0.417. The number of amides is 1. The molecule has 1 aromatic rings. The number of rotatable bonds is 5. The van der Waals surface area contributed by atoms with Gasteiger partial charge in [-0.15, -0.1) is 0 Å². The first-order valence-electron chi connectivity index (χ1n) is 5.50. The van der Waals surface area contributed by atoms with Crippen LogP contribution in [-0.4, -0.2) is 25.3 Å². The minimum absolute atomic E-state index is 0.297. The van der Waals surface area contributed by atoms with Crippen LogP contribution in [0.3, 0.4) is 0 Å². The van der Waals surface area contributed by atoms with E-state index in [0.29, 0.717) is 24.9 Å². The second-order valence-corrected chi connectivity index (χ2v) is 3.88. The molecule has 0 atom stereocenters. The molecule has 0 radical (unpaired) electrons. The van der Waals surface area contributed by atoms with Gasteiger partial charge in [-0.2, -0.15) is 0 Å². The predicted molar refractivity (Wildman–Crippen MR) is 64.5 cm³/mol. The quantitative estimate of drug-likeness (QED) is 0.777. The van der Waals surface area contributed by atoms with Crippen LogP contribution in [0.15, 0.2) is 24.3 Å². The highest BCUT2D eigenvalue weighted by molar-refractivity contribution is 5.84. The number of anilines is 1. The Balaban J connectivity index is 2.23. The third-order valence-electron chi connectivity index (χ3n) is 1.98. The number of hydrogen-bond donors (Lipinski definition) is 2. The van der Waals surface area contributed by atoms with Gasteiger partial charge in [-0.3, -0.25) is 5.32 Å². The van der Waals surface area contributed by atoms with Crippen LogP contribution in [0.5, 0.6) is 0 Å². The van der Waals surface area contributed by atoms with E-state index in [1.54, 1.807) is 0 Å². The maximum absolute atomic E-state index is 12.6. The lowest BCUT2D eigenvalue weighted by molar-refractivity contribution is 0.161. The molecule has 0 fully saturated rings. The minimum Gasteiger partial charge on any atom is -0.448 e. The molecule has 0 aliphatic carbocycles. The van der Waals surface area contributed by atoms with Crippen LogP contribution in [0.25, 0.3) is 0 Å². The summed E-state index contributed by atoms with van der Waals surface area (Å²) in [4.78, 5) is 11.3. The van der Waals surface area contributed by atoms with Crippen molar-refractivity contribution in [2.45, 2.75) is 19.9 Å². The monoisotopic (exact) mass is 240 g/mol. The van der Waals surface area contributed by atoms with Gasteiger partial charge in [-0.25, -0.2) is 9.18 Å². The van der Waals surface area contributed by atoms with E-state index in [1.165, 1.54) is 24.3 Å². The Morgan fingerprint density at radius 1 is 1.35 bits per heavy atom. The van der Waals surface area contributed by atoms with E-state index >= 15 is 0 Å². The van der Waals surface area contributed by atoms with Crippen molar-refractivity contribution in [1.82, 2.24) is 5.32 Å². The fourth-order valence-electron chi connectivity index (χ4n) is 1.18. The van der Waals surface area contributed by atoms with E-state index in [1.807, 2.05) is 13.8 Å². The minimum atomic E-state index is -0.540. The molecule has 0 saturated heterocycles. The summed E-state index contributed by atoms with van der Waals surface area (Å²) in [6.45, 7) is 4.93. The molecule has 5 heteroatoms. The zero-order chi connectivity index (χ0) is 12.7. The van der Waals surface area contributed by atoms with Gasteiger partial charge < -0.3 is 10.1 Å². The summed E-state index contributed by atoms with van der Waals surface area (Å²) in [5, 5.41) is 5.62. The maximum Gasteiger partial charge on any atom is 0.411 e. The number of carbonyl (C=O) groups is 1. The number of halogens is 1. The zero-order valence-corrected chi connectivity index (χ0v) is 10.00. The molecule has 1 amide bonds. The average Bonchev–Trinajstić information content (AvgIpc) is 2.27. The van der Waals surface area contributed by atoms with Crippen LogP contribution in [0, 0.1) is 5.82 Å². The summed E-state index contributed by atoms with van der Waals surface area (Å²) in [5.41, 5.74) is 0.508. The van der Waals surface area contributed by atoms with Gasteiger partial charge in [-0.1, -0.05) is 13.8 Å². The third-order valence-corrected chi connectivity index (χ3v) is 1.98. The normalized spacial score (nSPS) is 10.4. The van der Waals surface area contributed by atoms with Crippen molar-refractivity contribution < 1.29 is 13.9 Å². The van der Waals surface area contributed by atoms with Gasteiger partial charge in [0.1, 0.15) is 12.4 Å². The number of hydrogen-bond acceptors (Lipinski definition) is 3. The Labute approximate surface area is 100 Å². The van der Waals surface area contributed by atoms with E-state index in [-0.39, 0.29) is 5.82 Å². The molecule has 0 saturated carbocycles. The molecule has 0 aliphatic rings. The van der Waals surface area contributed by atoms with Crippen LogP contribution in [0.4, 0.5) is 14.9 Å². The van der Waals surface area contributed by atoms with E-state index < -0.39 is 6.09 Å². The van der Waals surface area contributed by atoms with Crippen molar-refractivity contribution in [3.63, 3.8) is 0 Å². The highest BCUT2D eigenvalue weighted by Gasteiger charge is 2.02. The van der Waals surface area contributed by atoms with Crippen LogP contribution < -0.4 is 10.6 Å². The fourth-order valence-corrected chi connectivity index (χ4v) is 1.18. The second-order valence-electron chi connectivity index (χ2n) is 3.88. The molecular weight excluding hydrogens is 223 g/mol. The predicted octanol–water partition coefficient (Wildman–Crippen LogP) is 2.37. The van der Waals surface area contributed by atoms with E-state index in [0.717, 1.165) is 0 Å². The topological polar surface area (TPSA) is 50.4 Å². The SMILES string of the molecule is CC(C)NCCOC(=O)Nc1ccc(F)cc1. The summed E-state index contributed by atoms with van der Waals surface area (Å²) in [5.74, 6) is -0.343. The van der Waals surface area contributed by atoms with Gasteiger partial charge in [-0.05, 0) is 24.3 Å². The maximum atomic E-state index is 12.6. The van der Waals surface area contributed by atoms with Crippen LogP contribution in [0.2, 0.25) is 0 Å². The molecule has 17 heavy (non-hydrogen) atoms. The molecule has 0 unspecified atom stereocenters. The van der Waals surface area contributed by atoms with Crippen LogP contribution in [-0.2, 0) is 4.74 Å². The molecular formula is C12H17FN2O2. The van der Waals surface area contributed by atoms with Gasteiger partial charge in [0.15, 0.2) is 0 Å². The first-order chi connectivity index (χ1) is 8.08. The summed E-state index contributed by atoms with van der Waals surface area (Å²) in [6, 6.07) is 5.86. The highest BCUT2D eigenvalue weighted by atomic mass is 19.1. The van der Waals surface area contributed by atoms with Gasteiger partial charge in [0.25, 0.3) is 0 Å². The first kappa shape index (κ1) is 13.4. The van der Waals surface area contributed by atoms with E-state index in [9.17, 15) is 9.18 Å². The summed E-state index contributed by atoms with van der Waals surface area (Å²) < 4.78 is 17.5. The number of nitrogens with one attached hydrogen (secondary N) is 2. The van der Waals surface area contributed by atoms with Crippen LogP contribution in [0.1, 0.15) is 13.8 Å². The average molecular weight is 240 g/mol. The Kier molecular flexibility index (Phi) is 5.42. The standard InChI is InChI=1S/C12H17FN2O2/c1-9(2)14-7-8-17-12(16)15-11-5-3-10(13)4-6-11/h3-6,9,14H,7-8H2,1-2H3,(H,15,16). The Morgan fingerprint density at radius 3 is 2.59 bits per heavy atom. The smallest absolute Gasteiger partial charge is 0.411 e. The number of benzene rings is 1. The van der Waals surface area contributed by atoms with Crippen molar-refractivity contribution >= 4 is 11.8 Å². The van der Waals surface area contributed by atoms with Crippen molar-refractivity contribution in [1.29, 1.82) is 0 Å². The Morgan fingerprint density at radius 2 is 2.00 bits per heavy atom. The molecule has 94 valence electrons. The highest BCUT2D eigenvalue weighted by Crippen LogP contribution is 2.08. The summed E-state index contributed by atoms with van der Waals surface area (Å²) >= 11 is 0. The lowest BCUT2D eigenvalue weighted by Crippen LogP contribution is -2.28. The summed E-state index contributed by atoms with van der Waals surface area (Å²) in [6.07, 6.45) is -0.540. The van der Waals surface area contributed by atoms with E-state index in [4.69, 9.17) is 4.74 Å². The van der Waals surface area contributed by atoms with Crippen molar-refractivity contribution in [2.24, 2.45) is 0 Å². The molecule has 2 N–H and O–H groups in total.